The van der Waals surface area contributed by atoms with E-state index in [1.54, 1.807) is 0 Å². The predicted molar refractivity (Wildman–Crippen MR) is 108 cm³/mol. The van der Waals surface area contributed by atoms with Crippen LogP contribution in [-0.4, -0.2) is 5.91 Å². The van der Waals surface area contributed by atoms with Crippen LogP contribution in [0.3, 0.4) is 0 Å². The Labute approximate surface area is 158 Å². The van der Waals surface area contributed by atoms with Crippen molar-refractivity contribution in [2.45, 2.75) is 70.3 Å². The van der Waals surface area contributed by atoms with E-state index in [0.29, 0.717) is 0 Å². The SMILES string of the molecule is C[C@H](NC(=O)C1(c2ccccc2)CCCC1)c1ccc(C(C)(C)C)cc1. The maximum absolute atomic E-state index is 13.3. The first kappa shape index (κ1) is 18.7. The molecule has 2 aromatic carbocycles. The topological polar surface area (TPSA) is 29.1 Å². The largest absolute Gasteiger partial charge is 0.349 e. The van der Waals surface area contributed by atoms with Crippen LogP contribution < -0.4 is 5.32 Å². The second-order valence-electron chi connectivity index (χ2n) is 8.72. The first-order valence-electron chi connectivity index (χ1n) is 9.80. The Hall–Kier alpha value is -2.09. The van der Waals surface area contributed by atoms with Crippen LogP contribution in [0.4, 0.5) is 0 Å². The van der Waals surface area contributed by atoms with Crippen LogP contribution in [0.1, 0.15) is 76.1 Å². The number of hydrogen-bond acceptors (Lipinski definition) is 1. The summed E-state index contributed by atoms with van der Waals surface area (Å²) in [6.45, 7) is 8.74. The minimum Gasteiger partial charge on any atom is -0.349 e. The van der Waals surface area contributed by atoms with E-state index in [1.165, 1.54) is 5.56 Å². The molecule has 0 spiro atoms. The number of carbonyl (C=O) groups excluding carboxylic acids is 1. The van der Waals surface area contributed by atoms with E-state index in [2.05, 4.69) is 69.4 Å². The molecule has 2 nitrogen and oxygen atoms in total. The van der Waals surface area contributed by atoms with Crippen molar-refractivity contribution in [3.8, 4) is 0 Å². The lowest BCUT2D eigenvalue weighted by molar-refractivity contribution is -0.127. The quantitative estimate of drug-likeness (QED) is 0.756. The van der Waals surface area contributed by atoms with Crippen LogP contribution in [0.5, 0.6) is 0 Å². The number of amides is 1. The molecule has 0 radical (unpaired) electrons. The zero-order chi connectivity index (χ0) is 18.8. The summed E-state index contributed by atoms with van der Waals surface area (Å²) in [6, 6.07) is 19.0. The highest BCUT2D eigenvalue weighted by molar-refractivity contribution is 5.88. The third-order valence-corrected chi connectivity index (χ3v) is 5.84. The normalized spacial score (nSPS) is 17.7. The van der Waals surface area contributed by atoms with Crippen molar-refractivity contribution in [1.82, 2.24) is 5.32 Å². The summed E-state index contributed by atoms with van der Waals surface area (Å²) in [4.78, 5) is 13.3. The van der Waals surface area contributed by atoms with Gasteiger partial charge in [-0.25, -0.2) is 0 Å². The van der Waals surface area contributed by atoms with Gasteiger partial charge in [-0.05, 0) is 41.9 Å². The second kappa shape index (κ2) is 7.26. The summed E-state index contributed by atoms with van der Waals surface area (Å²) in [6.07, 6.45) is 4.13. The first-order valence-corrected chi connectivity index (χ1v) is 9.80. The summed E-state index contributed by atoms with van der Waals surface area (Å²) in [5.41, 5.74) is 3.42. The van der Waals surface area contributed by atoms with Gasteiger partial charge in [-0.1, -0.05) is 88.2 Å². The number of carbonyl (C=O) groups is 1. The van der Waals surface area contributed by atoms with E-state index in [1.807, 2.05) is 18.2 Å². The fourth-order valence-electron chi connectivity index (χ4n) is 4.07. The minimum atomic E-state index is -0.360. The Bertz CT molecular complexity index is 734. The summed E-state index contributed by atoms with van der Waals surface area (Å²) < 4.78 is 0. The van der Waals surface area contributed by atoms with Gasteiger partial charge in [0.05, 0.1) is 11.5 Å². The van der Waals surface area contributed by atoms with Gasteiger partial charge in [0.1, 0.15) is 0 Å². The van der Waals surface area contributed by atoms with Crippen LogP contribution in [0.2, 0.25) is 0 Å². The summed E-state index contributed by atoms with van der Waals surface area (Å²) in [5.74, 6) is 0.175. The van der Waals surface area contributed by atoms with Gasteiger partial charge in [-0.2, -0.15) is 0 Å². The molecule has 3 rings (SSSR count). The number of nitrogens with one attached hydrogen (secondary N) is 1. The Morgan fingerprint density at radius 3 is 2.08 bits per heavy atom. The van der Waals surface area contributed by atoms with E-state index in [4.69, 9.17) is 0 Å². The maximum atomic E-state index is 13.3. The predicted octanol–water partition coefficient (Wildman–Crippen LogP) is 5.67. The minimum absolute atomic E-state index is 0.0118. The molecule has 2 aromatic rings. The highest BCUT2D eigenvalue weighted by Crippen LogP contribution is 2.41. The summed E-state index contributed by atoms with van der Waals surface area (Å²) in [7, 11) is 0. The van der Waals surface area contributed by atoms with Gasteiger partial charge >= 0.3 is 0 Å². The second-order valence-corrected chi connectivity index (χ2v) is 8.72. The molecule has 0 bridgehead atoms. The molecule has 0 aliphatic heterocycles. The van der Waals surface area contributed by atoms with Crippen molar-refractivity contribution < 1.29 is 4.79 Å². The van der Waals surface area contributed by atoms with E-state index in [9.17, 15) is 4.79 Å². The molecule has 0 heterocycles. The van der Waals surface area contributed by atoms with Gasteiger partial charge in [-0.3, -0.25) is 4.79 Å². The third kappa shape index (κ3) is 3.70. The fraction of sp³-hybridized carbons (Fsp3) is 0.458. The number of rotatable bonds is 4. The van der Waals surface area contributed by atoms with Gasteiger partial charge in [0, 0.05) is 0 Å². The van der Waals surface area contributed by atoms with Crippen molar-refractivity contribution in [2.75, 3.05) is 0 Å². The molecule has 26 heavy (non-hydrogen) atoms. The molecule has 1 fully saturated rings. The average molecular weight is 350 g/mol. The van der Waals surface area contributed by atoms with Crippen molar-refractivity contribution in [1.29, 1.82) is 0 Å². The maximum Gasteiger partial charge on any atom is 0.231 e. The molecule has 2 heteroatoms. The zero-order valence-electron chi connectivity index (χ0n) is 16.5. The molecule has 1 aliphatic rings. The molecule has 1 saturated carbocycles. The van der Waals surface area contributed by atoms with Crippen molar-refractivity contribution >= 4 is 5.91 Å². The highest BCUT2D eigenvalue weighted by Gasteiger charge is 2.42. The summed E-state index contributed by atoms with van der Waals surface area (Å²) in [5, 5.41) is 3.30. The number of hydrogen-bond donors (Lipinski definition) is 1. The average Bonchev–Trinajstić information content (AvgIpc) is 3.13. The van der Waals surface area contributed by atoms with Gasteiger partial charge in [0.2, 0.25) is 5.91 Å². The van der Waals surface area contributed by atoms with Crippen molar-refractivity contribution in [3.05, 3.63) is 71.3 Å². The van der Waals surface area contributed by atoms with Gasteiger partial charge in [0.25, 0.3) is 0 Å². The van der Waals surface area contributed by atoms with E-state index in [0.717, 1.165) is 36.8 Å². The molecule has 1 aliphatic carbocycles. The molecule has 1 N–H and O–H groups in total. The summed E-state index contributed by atoms with van der Waals surface area (Å²) >= 11 is 0. The van der Waals surface area contributed by atoms with Crippen molar-refractivity contribution in [2.24, 2.45) is 0 Å². The smallest absolute Gasteiger partial charge is 0.231 e. The fourth-order valence-corrected chi connectivity index (χ4v) is 4.07. The lowest BCUT2D eigenvalue weighted by atomic mass is 9.77. The first-order chi connectivity index (χ1) is 12.3. The monoisotopic (exact) mass is 349 g/mol. The third-order valence-electron chi connectivity index (χ3n) is 5.84. The van der Waals surface area contributed by atoms with E-state index >= 15 is 0 Å². The lowest BCUT2D eigenvalue weighted by Gasteiger charge is -2.30. The Morgan fingerprint density at radius 2 is 1.54 bits per heavy atom. The van der Waals surface area contributed by atoms with Gasteiger partial charge in [-0.15, -0.1) is 0 Å². The van der Waals surface area contributed by atoms with Gasteiger partial charge in [0.15, 0.2) is 0 Å². The van der Waals surface area contributed by atoms with E-state index in [-0.39, 0.29) is 22.8 Å². The molecular weight excluding hydrogens is 318 g/mol. The van der Waals surface area contributed by atoms with E-state index < -0.39 is 0 Å². The van der Waals surface area contributed by atoms with Crippen LogP contribution in [0.25, 0.3) is 0 Å². The Morgan fingerprint density at radius 1 is 0.962 bits per heavy atom. The molecular formula is C24H31NO. The number of benzene rings is 2. The van der Waals surface area contributed by atoms with Crippen molar-refractivity contribution in [3.63, 3.8) is 0 Å². The molecule has 1 amide bonds. The Balaban J connectivity index is 1.78. The Kier molecular flexibility index (Phi) is 5.22. The molecule has 1 atom stereocenters. The standard InChI is InChI=1S/C24H31NO/c1-18(19-12-14-20(15-13-19)23(2,3)4)25-22(26)24(16-8-9-17-24)21-10-6-5-7-11-21/h5-7,10-15,18H,8-9,16-17H2,1-4H3,(H,25,26)/t18-/m0/s1. The molecule has 0 unspecified atom stereocenters. The van der Waals surface area contributed by atoms with Crippen LogP contribution in [0, 0.1) is 0 Å². The van der Waals surface area contributed by atoms with Gasteiger partial charge < -0.3 is 5.32 Å². The molecule has 0 saturated heterocycles. The zero-order valence-corrected chi connectivity index (χ0v) is 16.5. The van der Waals surface area contributed by atoms with Crippen LogP contribution in [-0.2, 0) is 15.6 Å². The molecule has 138 valence electrons. The van der Waals surface area contributed by atoms with Crippen LogP contribution in [0.15, 0.2) is 54.6 Å². The lowest BCUT2D eigenvalue weighted by Crippen LogP contribution is -2.43. The van der Waals surface area contributed by atoms with Crippen LogP contribution >= 0.6 is 0 Å². The highest BCUT2D eigenvalue weighted by atomic mass is 16.2. The molecule has 0 aromatic heterocycles.